The summed E-state index contributed by atoms with van der Waals surface area (Å²) in [6, 6.07) is 7.74. The third-order valence-corrected chi connectivity index (χ3v) is 5.11. The SMILES string of the molecule is CC1(CN)CCN(C(=O)C2(c3cccc(Cl)c3)CC2)C1. The lowest BCUT2D eigenvalue weighted by atomic mass is 9.90. The molecular weight excluding hydrogens is 272 g/mol. The van der Waals surface area contributed by atoms with Gasteiger partial charge in [0.05, 0.1) is 5.41 Å². The maximum Gasteiger partial charge on any atom is 0.233 e. The smallest absolute Gasteiger partial charge is 0.233 e. The number of nitrogens with two attached hydrogens (primary N) is 1. The maximum absolute atomic E-state index is 12.9. The highest BCUT2D eigenvalue weighted by molar-refractivity contribution is 6.30. The molecule has 1 unspecified atom stereocenters. The number of likely N-dealkylation sites (tertiary alicyclic amines) is 1. The van der Waals surface area contributed by atoms with E-state index in [4.69, 9.17) is 17.3 Å². The third kappa shape index (κ3) is 2.23. The van der Waals surface area contributed by atoms with E-state index in [9.17, 15) is 4.79 Å². The fourth-order valence-electron chi connectivity index (χ4n) is 3.20. The molecule has 4 heteroatoms. The number of carbonyl (C=O) groups is 1. The second-order valence-corrected chi connectivity index (χ2v) is 7.02. The molecule has 0 bridgehead atoms. The van der Waals surface area contributed by atoms with Gasteiger partial charge >= 0.3 is 0 Å². The number of amides is 1. The van der Waals surface area contributed by atoms with E-state index in [1.807, 2.05) is 29.2 Å². The summed E-state index contributed by atoms with van der Waals surface area (Å²) in [5, 5.41) is 0.704. The van der Waals surface area contributed by atoms with Crippen molar-refractivity contribution in [1.82, 2.24) is 4.90 Å². The van der Waals surface area contributed by atoms with Crippen LogP contribution in [0.5, 0.6) is 0 Å². The Morgan fingerprint density at radius 3 is 2.70 bits per heavy atom. The molecule has 108 valence electrons. The number of nitrogens with zero attached hydrogens (tertiary/aromatic N) is 1. The molecule has 3 rings (SSSR count). The van der Waals surface area contributed by atoms with Crippen molar-refractivity contribution in [2.45, 2.75) is 31.6 Å². The van der Waals surface area contributed by atoms with Crippen LogP contribution in [0.25, 0.3) is 0 Å². The lowest BCUT2D eigenvalue weighted by Crippen LogP contribution is -2.40. The molecule has 0 radical (unpaired) electrons. The first-order chi connectivity index (χ1) is 9.49. The van der Waals surface area contributed by atoms with Gasteiger partial charge in [-0.2, -0.15) is 0 Å². The van der Waals surface area contributed by atoms with Gasteiger partial charge in [-0.15, -0.1) is 0 Å². The van der Waals surface area contributed by atoms with Crippen molar-refractivity contribution >= 4 is 17.5 Å². The van der Waals surface area contributed by atoms with E-state index < -0.39 is 0 Å². The van der Waals surface area contributed by atoms with E-state index in [2.05, 4.69) is 6.92 Å². The standard InChI is InChI=1S/C16H21ClN2O/c1-15(10-18)7-8-19(11-15)14(20)16(5-6-16)12-3-2-4-13(17)9-12/h2-4,9H,5-8,10-11,18H2,1H3. The van der Waals surface area contributed by atoms with E-state index in [1.165, 1.54) is 0 Å². The highest BCUT2D eigenvalue weighted by atomic mass is 35.5. The maximum atomic E-state index is 12.9. The Labute approximate surface area is 125 Å². The summed E-state index contributed by atoms with van der Waals surface area (Å²) in [7, 11) is 0. The number of benzene rings is 1. The summed E-state index contributed by atoms with van der Waals surface area (Å²) in [5.41, 5.74) is 6.67. The van der Waals surface area contributed by atoms with Crippen LogP contribution in [0.3, 0.4) is 0 Å². The zero-order valence-electron chi connectivity index (χ0n) is 11.9. The summed E-state index contributed by atoms with van der Waals surface area (Å²) in [4.78, 5) is 14.9. The highest BCUT2D eigenvalue weighted by Crippen LogP contribution is 2.51. The molecule has 0 aromatic heterocycles. The lowest BCUT2D eigenvalue weighted by Gasteiger charge is -2.26. The predicted octanol–water partition coefficient (Wildman–Crippen LogP) is 2.57. The molecule has 2 fully saturated rings. The average molecular weight is 293 g/mol. The molecule has 20 heavy (non-hydrogen) atoms. The number of carbonyl (C=O) groups excluding carboxylic acids is 1. The van der Waals surface area contributed by atoms with Crippen LogP contribution in [0.2, 0.25) is 5.02 Å². The monoisotopic (exact) mass is 292 g/mol. The van der Waals surface area contributed by atoms with Gasteiger partial charge in [0.25, 0.3) is 0 Å². The van der Waals surface area contributed by atoms with E-state index in [-0.39, 0.29) is 16.7 Å². The minimum Gasteiger partial charge on any atom is -0.341 e. The van der Waals surface area contributed by atoms with Crippen molar-refractivity contribution in [3.05, 3.63) is 34.9 Å². The molecular formula is C16H21ClN2O. The Morgan fingerprint density at radius 1 is 1.40 bits per heavy atom. The van der Waals surface area contributed by atoms with Crippen LogP contribution in [-0.2, 0) is 10.2 Å². The minimum absolute atomic E-state index is 0.0834. The van der Waals surface area contributed by atoms with Crippen molar-refractivity contribution in [3.8, 4) is 0 Å². The first-order valence-corrected chi connectivity index (χ1v) is 7.62. The number of hydrogen-bond donors (Lipinski definition) is 1. The molecule has 1 atom stereocenters. The van der Waals surface area contributed by atoms with Crippen LogP contribution in [0, 0.1) is 5.41 Å². The van der Waals surface area contributed by atoms with Crippen LogP contribution in [0.15, 0.2) is 24.3 Å². The number of rotatable bonds is 3. The van der Waals surface area contributed by atoms with Gasteiger partial charge in [0.1, 0.15) is 0 Å². The summed E-state index contributed by atoms with van der Waals surface area (Å²) in [6.07, 6.45) is 2.87. The van der Waals surface area contributed by atoms with Gasteiger partial charge in [-0.25, -0.2) is 0 Å². The molecule has 1 aromatic carbocycles. The molecule has 1 heterocycles. The van der Waals surface area contributed by atoms with Crippen LogP contribution in [0.4, 0.5) is 0 Å². The fourth-order valence-corrected chi connectivity index (χ4v) is 3.39. The van der Waals surface area contributed by atoms with Crippen molar-refractivity contribution in [3.63, 3.8) is 0 Å². The van der Waals surface area contributed by atoms with Gasteiger partial charge in [0.15, 0.2) is 0 Å². The Morgan fingerprint density at radius 2 is 2.15 bits per heavy atom. The molecule has 1 aromatic rings. The van der Waals surface area contributed by atoms with E-state index >= 15 is 0 Å². The quantitative estimate of drug-likeness (QED) is 0.931. The number of halogens is 1. The van der Waals surface area contributed by atoms with Crippen molar-refractivity contribution in [2.75, 3.05) is 19.6 Å². The Balaban J connectivity index is 1.81. The van der Waals surface area contributed by atoms with Gasteiger partial charge in [-0.05, 0) is 48.9 Å². The van der Waals surface area contributed by atoms with Gasteiger partial charge in [-0.3, -0.25) is 4.79 Å². The zero-order valence-corrected chi connectivity index (χ0v) is 12.6. The molecule has 0 spiro atoms. The van der Waals surface area contributed by atoms with Gasteiger partial charge in [0.2, 0.25) is 5.91 Å². The normalized spacial score (nSPS) is 27.6. The first-order valence-electron chi connectivity index (χ1n) is 7.25. The Kier molecular flexibility index (Phi) is 3.30. The minimum atomic E-state index is -0.315. The van der Waals surface area contributed by atoms with Crippen molar-refractivity contribution in [1.29, 1.82) is 0 Å². The van der Waals surface area contributed by atoms with E-state index in [0.29, 0.717) is 11.6 Å². The van der Waals surface area contributed by atoms with Crippen molar-refractivity contribution in [2.24, 2.45) is 11.1 Å². The van der Waals surface area contributed by atoms with E-state index in [1.54, 1.807) is 0 Å². The van der Waals surface area contributed by atoms with Gasteiger partial charge in [-0.1, -0.05) is 30.7 Å². The molecule has 1 aliphatic carbocycles. The molecule has 3 nitrogen and oxygen atoms in total. The molecule has 1 amide bonds. The van der Waals surface area contributed by atoms with E-state index in [0.717, 1.165) is 37.9 Å². The Bertz CT molecular complexity index is 541. The average Bonchev–Trinajstić information content (AvgIpc) is 3.16. The predicted molar refractivity (Wildman–Crippen MR) is 80.7 cm³/mol. The second kappa shape index (κ2) is 4.74. The zero-order chi connectivity index (χ0) is 14.4. The van der Waals surface area contributed by atoms with Crippen molar-refractivity contribution < 1.29 is 4.79 Å². The Hall–Kier alpha value is -1.06. The molecule has 1 saturated carbocycles. The topological polar surface area (TPSA) is 46.3 Å². The summed E-state index contributed by atoms with van der Waals surface area (Å²) < 4.78 is 0. The van der Waals surface area contributed by atoms with Crippen LogP contribution in [0.1, 0.15) is 31.7 Å². The van der Waals surface area contributed by atoms with Gasteiger partial charge in [0, 0.05) is 18.1 Å². The van der Waals surface area contributed by atoms with Crippen LogP contribution >= 0.6 is 11.6 Å². The summed E-state index contributed by atoms with van der Waals surface area (Å²) in [5.74, 6) is 0.261. The largest absolute Gasteiger partial charge is 0.341 e. The second-order valence-electron chi connectivity index (χ2n) is 6.58. The molecule has 2 N–H and O–H groups in total. The number of hydrogen-bond acceptors (Lipinski definition) is 2. The van der Waals surface area contributed by atoms with Gasteiger partial charge < -0.3 is 10.6 Å². The molecule has 2 aliphatic rings. The molecule has 1 saturated heterocycles. The van der Waals surface area contributed by atoms with Crippen LogP contribution in [-0.4, -0.2) is 30.4 Å². The van der Waals surface area contributed by atoms with Crippen LogP contribution < -0.4 is 5.73 Å². The summed E-state index contributed by atoms with van der Waals surface area (Å²) >= 11 is 6.07. The lowest BCUT2D eigenvalue weighted by molar-refractivity contribution is -0.133. The first kappa shape index (κ1) is 13.9. The third-order valence-electron chi connectivity index (χ3n) is 4.87. The summed E-state index contributed by atoms with van der Waals surface area (Å²) in [6.45, 7) is 4.42. The molecule has 1 aliphatic heterocycles. The highest BCUT2D eigenvalue weighted by Gasteiger charge is 2.54. The fraction of sp³-hybridized carbons (Fsp3) is 0.562.